The minimum Gasteiger partial charge on any atom is -0.378 e. The van der Waals surface area contributed by atoms with E-state index in [9.17, 15) is 9.18 Å². The molecule has 0 saturated carbocycles. The van der Waals surface area contributed by atoms with Crippen molar-refractivity contribution in [3.8, 4) is 0 Å². The van der Waals surface area contributed by atoms with Crippen LogP contribution in [0.4, 0.5) is 4.39 Å². The maximum atomic E-state index is 13.7. The molecule has 1 fully saturated rings. The van der Waals surface area contributed by atoms with Crippen molar-refractivity contribution in [3.05, 3.63) is 34.1 Å². The number of hydrogen-bond donors (Lipinski definition) is 0. The van der Waals surface area contributed by atoms with Crippen LogP contribution in [0.5, 0.6) is 0 Å². The summed E-state index contributed by atoms with van der Waals surface area (Å²) in [6.07, 6.45) is 1.85. The van der Waals surface area contributed by atoms with Crippen molar-refractivity contribution < 1.29 is 13.9 Å². The van der Waals surface area contributed by atoms with Crippen molar-refractivity contribution in [3.63, 3.8) is 0 Å². The lowest BCUT2D eigenvalue weighted by molar-refractivity contribution is 0.0144. The smallest absolute Gasteiger partial charge is 0.256 e. The van der Waals surface area contributed by atoms with E-state index in [1.54, 1.807) is 11.0 Å². The molecule has 1 aromatic rings. The van der Waals surface area contributed by atoms with Crippen LogP contribution in [-0.4, -0.2) is 36.6 Å². The number of likely N-dealkylation sites (tertiary alicyclic amines) is 1. The topological polar surface area (TPSA) is 29.5 Å². The van der Waals surface area contributed by atoms with Gasteiger partial charge in [0.2, 0.25) is 0 Å². The summed E-state index contributed by atoms with van der Waals surface area (Å²) in [7, 11) is 0. The number of nitrogens with zero attached hydrogens (tertiary/aromatic N) is 1. The first-order valence-electron chi connectivity index (χ1n) is 6.47. The lowest BCUT2D eigenvalue weighted by Crippen LogP contribution is -2.41. The van der Waals surface area contributed by atoms with Crippen molar-refractivity contribution in [2.24, 2.45) is 0 Å². The second-order valence-corrected chi connectivity index (χ2v) is 5.49. The molecule has 0 spiro atoms. The number of carbonyl (C=O) groups excluding carboxylic acids is 1. The SMILES string of the molecule is CCOC1CCN(C(=O)c2cc(Br)ccc2F)CC1. The fraction of sp³-hybridized carbons (Fsp3) is 0.500. The summed E-state index contributed by atoms with van der Waals surface area (Å²) in [6.45, 7) is 3.90. The lowest BCUT2D eigenvalue weighted by Gasteiger charge is -2.31. The highest BCUT2D eigenvalue weighted by Crippen LogP contribution is 2.20. The van der Waals surface area contributed by atoms with Crippen LogP contribution >= 0.6 is 15.9 Å². The molecular weight excluding hydrogens is 313 g/mol. The average molecular weight is 330 g/mol. The summed E-state index contributed by atoms with van der Waals surface area (Å²) in [4.78, 5) is 14.0. The molecular formula is C14H17BrFNO2. The molecule has 0 aromatic heterocycles. The second-order valence-electron chi connectivity index (χ2n) is 4.57. The molecule has 1 aliphatic heterocycles. The highest BCUT2D eigenvalue weighted by molar-refractivity contribution is 9.10. The number of hydrogen-bond acceptors (Lipinski definition) is 2. The molecule has 0 radical (unpaired) electrons. The van der Waals surface area contributed by atoms with Gasteiger partial charge >= 0.3 is 0 Å². The third-order valence-electron chi connectivity index (χ3n) is 3.29. The van der Waals surface area contributed by atoms with Crippen molar-refractivity contribution in [1.29, 1.82) is 0 Å². The molecule has 0 atom stereocenters. The van der Waals surface area contributed by atoms with Crippen molar-refractivity contribution in [2.45, 2.75) is 25.9 Å². The zero-order valence-corrected chi connectivity index (χ0v) is 12.5. The summed E-state index contributed by atoms with van der Waals surface area (Å²) in [6, 6.07) is 4.43. The van der Waals surface area contributed by atoms with Gasteiger partial charge in [-0.2, -0.15) is 0 Å². The first kappa shape index (κ1) is 14.5. The Kier molecular flexibility index (Phi) is 4.93. The van der Waals surface area contributed by atoms with Crippen molar-refractivity contribution in [1.82, 2.24) is 4.90 Å². The molecule has 104 valence electrons. The van der Waals surface area contributed by atoms with E-state index in [1.807, 2.05) is 6.92 Å². The zero-order valence-electron chi connectivity index (χ0n) is 10.9. The number of piperidine rings is 1. The van der Waals surface area contributed by atoms with E-state index >= 15 is 0 Å². The minimum absolute atomic E-state index is 0.129. The number of halogens is 2. The Bertz CT molecular complexity index is 459. The van der Waals surface area contributed by atoms with Gasteiger partial charge in [-0.25, -0.2) is 4.39 Å². The van der Waals surface area contributed by atoms with Gasteiger partial charge in [0, 0.05) is 24.2 Å². The maximum Gasteiger partial charge on any atom is 0.256 e. The van der Waals surface area contributed by atoms with Crippen LogP contribution in [0.25, 0.3) is 0 Å². The van der Waals surface area contributed by atoms with Gasteiger partial charge in [0.15, 0.2) is 0 Å². The van der Waals surface area contributed by atoms with Gasteiger partial charge in [0.1, 0.15) is 5.82 Å². The third-order valence-corrected chi connectivity index (χ3v) is 3.78. The Morgan fingerprint density at radius 2 is 2.16 bits per heavy atom. The Labute approximate surface area is 120 Å². The minimum atomic E-state index is -0.472. The van der Waals surface area contributed by atoms with E-state index in [0.29, 0.717) is 24.2 Å². The second kappa shape index (κ2) is 6.48. The number of amides is 1. The lowest BCUT2D eigenvalue weighted by atomic mass is 10.1. The highest BCUT2D eigenvalue weighted by Gasteiger charge is 2.25. The number of rotatable bonds is 3. The molecule has 19 heavy (non-hydrogen) atoms. The molecule has 0 aliphatic carbocycles. The van der Waals surface area contributed by atoms with Gasteiger partial charge in [-0.3, -0.25) is 4.79 Å². The Morgan fingerprint density at radius 1 is 1.47 bits per heavy atom. The molecule has 0 unspecified atom stereocenters. The summed E-state index contributed by atoms with van der Waals surface area (Å²) < 4.78 is 19.9. The van der Waals surface area contributed by atoms with Crippen LogP contribution in [0.3, 0.4) is 0 Å². The Balaban J connectivity index is 2.03. The molecule has 3 nitrogen and oxygen atoms in total. The summed E-state index contributed by atoms with van der Waals surface area (Å²) in [5, 5.41) is 0. The van der Waals surface area contributed by atoms with Crippen LogP contribution in [0.15, 0.2) is 22.7 Å². The Morgan fingerprint density at radius 3 is 2.79 bits per heavy atom. The van der Waals surface area contributed by atoms with Crippen LogP contribution < -0.4 is 0 Å². The van der Waals surface area contributed by atoms with Crippen LogP contribution in [0.2, 0.25) is 0 Å². The van der Waals surface area contributed by atoms with E-state index in [0.717, 1.165) is 12.8 Å². The zero-order chi connectivity index (χ0) is 13.8. The van der Waals surface area contributed by atoms with E-state index in [2.05, 4.69) is 15.9 Å². The summed E-state index contributed by atoms with van der Waals surface area (Å²) >= 11 is 3.26. The summed E-state index contributed by atoms with van der Waals surface area (Å²) in [5.41, 5.74) is 0.129. The molecule has 2 rings (SSSR count). The molecule has 1 saturated heterocycles. The van der Waals surface area contributed by atoms with Crippen molar-refractivity contribution >= 4 is 21.8 Å². The van der Waals surface area contributed by atoms with Gasteiger partial charge < -0.3 is 9.64 Å². The first-order chi connectivity index (χ1) is 9.11. The van der Waals surface area contributed by atoms with E-state index in [1.165, 1.54) is 12.1 Å². The average Bonchev–Trinajstić information content (AvgIpc) is 2.42. The number of ether oxygens (including phenoxy) is 1. The summed E-state index contributed by atoms with van der Waals surface area (Å²) in [5.74, 6) is -0.714. The monoisotopic (exact) mass is 329 g/mol. The fourth-order valence-electron chi connectivity index (χ4n) is 2.29. The van der Waals surface area contributed by atoms with E-state index in [4.69, 9.17) is 4.74 Å². The van der Waals surface area contributed by atoms with Gasteiger partial charge in [-0.05, 0) is 38.0 Å². The quantitative estimate of drug-likeness (QED) is 0.852. The standard InChI is InChI=1S/C14H17BrFNO2/c1-2-19-11-5-7-17(8-6-11)14(18)12-9-10(15)3-4-13(12)16/h3-4,9,11H,2,5-8H2,1H3. The number of carbonyl (C=O) groups is 1. The van der Waals surface area contributed by atoms with Crippen LogP contribution in [0, 0.1) is 5.82 Å². The van der Waals surface area contributed by atoms with Crippen molar-refractivity contribution in [2.75, 3.05) is 19.7 Å². The molecule has 5 heteroatoms. The normalized spacial score (nSPS) is 16.7. The molecule has 1 aromatic carbocycles. The maximum absolute atomic E-state index is 13.7. The molecule has 0 bridgehead atoms. The van der Waals surface area contributed by atoms with E-state index in [-0.39, 0.29) is 17.6 Å². The predicted molar refractivity (Wildman–Crippen MR) is 74.7 cm³/mol. The molecule has 1 aliphatic rings. The molecule has 1 heterocycles. The highest BCUT2D eigenvalue weighted by atomic mass is 79.9. The molecule has 1 amide bonds. The van der Waals surface area contributed by atoms with Gasteiger partial charge in [-0.1, -0.05) is 15.9 Å². The van der Waals surface area contributed by atoms with Gasteiger partial charge in [0.25, 0.3) is 5.91 Å². The van der Waals surface area contributed by atoms with Crippen LogP contribution in [0.1, 0.15) is 30.1 Å². The fourth-order valence-corrected chi connectivity index (χ4v) is 2.65. The van der Waals surface area contributed by atoms with E-state index < -0.39 is 5.82 Å². The van der Waals surface area contributed by atoms with Gasteiger partial charge in [-0.15, -0.1) is 0 Å². The van der Waals surface area contributed by atoms with Crippen LogP contribution in [-0.2, 0) is 4.74 Å². The molecule has 0 N–H and O–H groups in total. The Hall–Kier alpha value is -0.940. The first-order valence-corrected chi connectivity index (χ1v) is 7.27. The van der Waals surface area contributed by atoms with Gasteiger partial charge in [0.05, 0.1) is 11.7 Å². The number of benzene rings is 1. The third kappa shape index (κ3) is 3.54. The predicted octanol–water partition coefficient (Wildman–Crippen LogP) is 3.23. The largest absolute Gasteiger partial charge is 0.378 e.